The molecular weight excluding hydrogens is 146 g/mol. The van der Waals surface area contributed by atoms with Crippen LogP contribution in [0.15, 0.2) is 0 Å². The third-order valence-electron chi connectivity index (χ3n) is 3.67. The second-order valence-corrected chi connectivity index (χ2v) is 4.42. The highest BCUT2D eigenvalue weighted by Gasteiger charge is 2.32. The van der Waals surface area contributed by atoms with E-state index in [0.29, 0.717) is 5.92 Å². The van der Waals surface area contributed by atoms with Crippen LogP contribution in [0, 0.1) is 35.0 Å². The summed E-state index contributed by atoms with van der Waals surface area (Å²) >= 11 is 0. The first-order chi connectivity index (χ1) is 5.66. The molecule has 4 atom stereocenters. The third kappa shape index (κ3) is 1.80. The fraction of sp³-hybridized carbons (Fsp3) is 0.909. The Balaban J connectivity index is 2.48. The molecule has 0 bridgehead atoms. The maximum Gasteiger partial charge on any atom is 0.0624 e. The molecule has 0 saturated heterocycles. The average Bonchev–Trinajstić information content (AvgIpc) is 2.34. The van der Waals surface area contributed by atoms with Crippen LogP contribution in [0.5, 0.6) is 0 Å². The van der Waals surface area contributed by atoms with Crippen molar-refractivity contribution in [1.82, 2.24) is 0 Å². The van der Waals surface area contributed by atoms with E-state index in [1.165, 1.54) is 12.8 Å². The zero-order valence-corrected chi connectivity index (χ0v) is 8.38. The van der Waals surface area contributed by atoms with E-state index in [-0.39, 0.29) is 0 Å². The van der Waals surface area contributed by atoms with Gasteiger partial charge in [0.15, 0.2) is 0 Å². The molecule has 0 aromatic rings. The Morgan fingerprint density at radius 2 is 2.08 bits per heavy atom. The van der Waals surface area contributed by atoms with Gasteiger partial charge in [-0.05, 0) is 30.1 Å². The molecule has 1 aliphatic rings. The minimum Gasteiger partial charge on any atom is -0.198 e. The van der Waals surface area contributed by atoms with E-state index in [9.17, 15) is 0 Å². The van der Waals surface area contributed by atoms with Gasteiger partial charge in [-0.1, -0.05) is 27.2 Å². The average molecular weight is 165 g/mol. The summed E-state index contributed by atoms with van der Waals surface area (Å²) in [4.78, 5) is 0. The van der Waals surface area contributed by atoms with Crippen molar-refractivity contribution in [3.8, 4) is 6.07 Å². The van der Waals surface area contributed by atoms with Crippen LogP contribution in [0.25, 0.3) is 0 Å². The normalized spacial score (nSPS) is 37.7. The maximum atomic E-state index is 8.60. The predicted molar refractivity (Wildman–Crippen MR) is 50.4 cm³/mol. The van der Waals surface area contributed by atoms with Crippen LogP contribution < -0.4 is 0 Å². The molecule has 0 amide bonds. The highest BCUT2D eigenvalue weighted by Crippen LogP contribution is 2.41. The molecule has 68 valence electrons. The van der Waals surface area contributed by atoms with Crippen molar-refractivity contribution in [2.75, 3.05) is 0 Å². The van der Waals surface area contributed by atoms with Crippen LogP contribution in [0.1, 0.15) is 40.0 Å². The summed E-state index contributed by atoms with van der Waals surface area (Å²) in [6, 6.07) is 2.28. The van der Waals surface area contributed by atoms with Gasteiger partial charge in [0, 0.05) is 6.42 Å². The smallest absolute Gasteiger partial charge is 0.0624 e. The molecule has 1 saturated carbocycles. The van der Waals surface area contributed by atoms with Gasteiger partial charge in [0.1, 0.15) is 0 Å². The van der Waals surface area contributed by atoms with Gasteiger partial charge in [-0.3, -0.25) is 0 Å². The Labute approximate surface area is 75.8 Å². The van der Waals surface area contributed by atoms with Gasteiger partial charge >= 0.3 is 0 Å². The summed E-state index contributed by atoms with van der Waals surface area (Å²) in [6.45, 7) is 6.91. The lowest BCUT2D eigenvalue weighted by molar-refractivity contribution is 0.269. The number of hydrogen-bond acceptors (Lipinski definition) is 1. The first-order valence-electron chi connectivity index (χ1n) is 5.03. The molecule has 3 unspecified atom stereocenters. The fourth-order valence-corrected chi connectivity index (χ4v) is 2.50. The number of hydrogen-bond donors (Lipinski definition) is 0. The van der Waals surface area contributed by atoms with Crippen molar-refractivity contribution in [2.24, 2.45) is 23.7 Å². The van der Waals surface area contributed by atoms with Crippen molar-refractivity contribution < 1.29 is 0 Å². The lowest BCUT2D eigenvalue weighted by Crippen LogP contribution is -2.16. The predicted octanol–water partition coefficient (Wildman–Crippen LogP) is 3.22. The second kappa shape index (κ2) is 3.94. The summed E-state index contributed by atoms with van der Waals surface area (Å²) in [5.74, 6) is 3.11. The standard InChI is InChI=1S/C11H19N/c1-8-4-5-11(10(8)3)9(2)6-7-12/h8-11H,4-6H2,1-3H3/t8?,9-,10?,11?/m1/s1. The lowest BCUT2D eigenvalue weighted by Gasteiger charge is -2.22. The van der Waals surface area contributed by atoms with Gasteiger partial charge in [0.2, 0.25) is 0 Å². The van der Waals surface area contributed by atoms with E-state index in [1.807, 2.05) is 0 Å². The van der Waals surface area contributed by atoms with E-state index in [0.717, 1.165) is 24.2 Å². The Bertz CT molecular complexity index is 180. The van der Waals surface area contributed by atoms with E-state index in [2.05, 4.69) is 26.8 Å². The lowest BCUT2D eigenvalue weighted by atomic mass is 9.82. The van der Waals surface area contributed by atoms with Crippen LogP contribution in [0.2, 0.25) is 0 Å². The summed E-state index contributed by atoms with van der Waals surface area (Å²) < 4.78 is 0. The van der Waals surface area contributed by atoms with Gasteiger partial charge in [-0.2, -0.15) is 5.26 Å². The molecule has 0 heterocycles. The zero-order chi connectivity index (χ0) is 9.14. The Morgan fingerprint density at radius 3 is 2.50 bits per heavy atom. The number of rotatable bonds is 2. The third-order valence-corrected chi connectivity index (χ3v) is 3.67. The Kier molecular flexibility index (Phi) is 3.14. The molecular formula is C11H19N. The minimum absolute atomic E-state index is 0.606. The molecule has 0 aliphatic heterocycles. The summed E-state index contributed by atoms with van der Waals surface area (Å²) in [6.07, 6.45) is 3.44. The van der Waals surface area contributed by atoms with E-state index in [4.69, 9.17) is 5.26 Å². The van der Waals surface area contributed by atoms with Gasteiger partial charge < -0.3 is 0 Å². The first kappa shape index (κ1) is 9.58. The molecule has 1 nitrogen and oxygen atoms in total. The summed E-state index contributed by atoms with van der Waals surface area (Å²) in [7, 11) is 0. The molecule has 1 aliphatic carbocycles. The molecule has 1 fully saturated rings. The summed E-state index contributed by atoms with van der Waals surface area (Å²) in [5.41, 5.74) is 0. The zero-order valence-electron chi connectivity index (χ0n) is 8.38. The molecule has 1 rings (SSSR count). The van der Waals surface area contributed by atoms with E-state index < -0.39 is 0 Å². The van der Waals surface area contributed by atoms with Crippen LogP contribution in [0.3, 0.4) is 0 Å². The Morgan fingerprint density at radius 1 is 1.42 bits per heavy atom. The largest absolute Gasteiger partial charge is 0.198 e. The molecule has 0 aromatic carbocycles. The minimum atomic E-state index is 0.606. The topological polar surface area (TPSA) is 23.8 Å². The Hall–Kier alpha value is -0.510. The highest BCUT2D eigenvalue weighted by atomic mass is 14.4. The van der Waals surface area contributed by atoms with Gasteiger partial charge in [-0.25, -0.2) is 0 Å². The SMILES string of the molecule is CC1CCC([C@H](C)CC#N)C1C. The molecule has 0 aromatic heterocycles. The van der Waals surface area contributed by atoms with Crippen LogP contribution in [0.4, 0.5) is 0 Å². The molecule has 0 N–H and O–H groups in total. The van der Waals surface area contributed by atoms with Crippen molar-refractivity contribution in [1.29, 1.82) is 5.26 Å². The second-order valence-electron chi connectivity index (χ2n) is 4.42. The fourth-order valence-electron chi connectivity index (χ4n) is 2.50. The maximum absolute atomic E-state index is 8.60. The van der Waals surface area contributed by atoms with E-state index in [1.54, 1.807) is 0 Å². The van der Waals surface area contributed by atoms with Crippen molar-refractivity contribution >= 4 is 0 Å². The van der Waals surface area contributed by atoms with Gasteiger partial charge in [0.25, 0.3) is 0 Å². The number of nitriles is 1. The van der Waals surface area contributed by atoms with Crippen molar-refractivity contribution in [3.63, 3.8) is 0 Å². The monoisotopic (exact) mass is 165 g/mol. The molecule has 0 spiro atoms. The molecule has 0 radical (unpaired) electrons. The summed E-state index contributed by atoms with van der Waals surface area (Å²) in [5, 5.41) is 8.60. The van der Waals surface area contributed by atoms with Gasteiger partial charge in [0.05, 0.1) is 6.07 Å². The van der Waals surface area contributed by atoms with Crippen LogP contribution in [-0.4, -0.2) is 0 Å². The van der Waals surface area contributed by atoms with Crippen molar-refractivity contribution in [2.45, 2.75) is 40.0 Å². The molecule has 1 heteroatoms. The number of nitrogens with zero attached hydrogens (tertiary/aromatic N) is 1. The van der Waals surface area contributed by atoms with Gasteiger partial charge in [-0.15, -0.1) is 0 Å². The first-order valence-corrected chi connectivity index (χ1v) is 5.03. The highest BCUT2D eigenvalue weighted by molar-refractivity contribution is 4.86. The van der Waals surface area contributed by atoms with Crippen LogP contribution >= 0.6 is 0 Å². The van der Waals surface area contributed by atoms with Crippen LogP contribution in [-0.2, 0) is 0 Å². The van der Waals surface area contributed by atoms with Crippen molar-refractivity contribution in [3.05, 3.63) is 0 Å². The quantitative estimate of drug-likeness (QED) is 0.616. The van der Waals surface area contributed by atoms with E-state index >= 15 is 0 Å². The molecule has 12 heavy (non-hydrogen) atoms.